The maximum absolute atomic E-state index is 12.1. The topological polar surface area (TPSA) is 61.0 Å². The Balaban J connectivity index is 1.71. The number of hydrogen-bond acceptors (Lipinski definition) is 4. The normalized spacial score (nSPS) is 17.8. The molecule has 0 amide bonds. The number of nitrogens with zero attached hydrogens (tertiary/aromatic N) is 2. The summed E-state index contributed by atoms with van der Waals surface area (Å²) < 4.78 is 0. The fourth-order valence-corrected chi connectivity index (χ4v) is 3.04. The SMILES string of the molecule is CC(C)(C)N1CCC(Nc2nc3ccccc3c(=O)[nH]2)CC1. The maximum Gasteiger partial charge on any atom is 0.260 e. The van der Waals surface area contributed by atoms with Crippen LogP contribution < -0.4 is 10.9 Å². The minimum Gasteiger partial charge on any atom is -0.353 e. The molecule has 118 valence electrons. The number of piperidine rings is 1. The Morgan fingerprint density at radius 2 is 1.91 bits per heavy atom. The summed E-state index contributed by atoms with van der Waals surface area (Å²) in [6.07, 6.45) is 2.13. The molecule has 5 heteroatoms. The van der Waals surface area contributed by atoms with Gasteiger partial charge in [0.25, 0.3) is 5.56 Å². The summed E-state index contributed by atoms with van der Waals surface area (Å²) in [6, 6.07) is 7.79. The standard InChI is InChI=1S/C17H24N4O/c1-17(2,3)21-10-8-12(9-11-21)18-16-19-14-7-5-4-6-13(14)15(22)20-16/h4-7,12H,8-11H2,1-3H3,(H2,18,19,20,22). The van der Waals surface area contributed by atoms with Gasteiger partial charge in [-0.3, -0.25) is 14.7 Å². The van der Waals surface area contributed by atoms with E-state index in [2.05, 4.69) is 41.0 Å². The third kappa shape index (κ3) is 3.14. The van der Waals surface area contributed by atoms with Crippen LogP contribution in [0.5, 0.6) is 0 Å². The van der Waals surface area contributed by atoms with Gasteiger partial charge in [-0.05, 0) is 45.7 Å². The molecule has 0 atom stereocenters. The summed E-state index contributed by atoms with van der Waals surface area (Å²) in [7, 11) is 0. The van der Waals surface area contributed by atoms with E-state index in [4.69, 9.17) is 0 Å². The lowest BCUT2D eigenvalue weighted by molar-refractivity contribution is 0.106. The number of anilines is 1. The highest BCUT2D eigenvalue weighted by atomic mass is 16.1. The number of aromatic nitrogens is 2. The van der Waals surface area contributed by atoms with Crippen molar-refractivity contribution in [1.82, 2.24) is 14.9 Å². The number of nitrogens with one attached hydrogen (secondary N) is 2. The second kappa shape index (κ2) is 5.72. The average molecular weight is 300 g/mol. The minimum atomic E-state index is -0.0831. The van der Waals surface area contributed by atoms with Gasteiger partial charge >= 0.3 is 0 Å². The number of aromatic amines is 1. The Bertz CT molecular complexity index is 708. The van der Waals surface area contributed by atoms with Gasteiger partial charge in [0.1, 0.15) is 0 Å². The molecule has 0 spiro atoms. The van der Waals surface area contributed by atoms with Crippen molar-refractivity contribution in [3.8, 4) is 0 Å². The highest BCUT2D eigenvalue weighted by molar-refractivity contribution is 5.78. The summed E-state index contributed by atoms with van der Waals surface area (Å²) in [4.78, 5) is 21.9. The number of benzene rings is 1. The summed E-state index contributed by atoms with van der Waals surface area (Å²) in [5.74, 6) is 0.581. The number of hydrogen-bond donors (Lipinski definition) is 2. The van der Waals surface area contributed by atoms with Crippen molar-refractivity contribution in [3.05, 3.63) is 34.6 Å². The van der Waals surface area contributed by atoms with Gasteiger partial charge in [-0.2, -0.15) is 0 Å². The Labute approximate surface area is 130 Å². The second-order valence-electron chi connectivity index (χ2n) is 7.01. The van der Waals surface area contributed by atoms with Gasteiger partial charge in [0.2, 0.25) is 5.95 Å². The van der Waals surface area contributed by atoms with Crippen molar-refractivity contribution in [2.24, 2.45) is 0 Å². The van der Waals surface area contributed by atoms with Crippen molar-refractivity contribution in [1.29, 1.82) is 0 Å². The minimum absolute atomic E-state index is 0.0831. The molecule has 1 fully saturated rings. The van der Waals surface area contributed by atoms with Crippen LogP contribution in [0, 0.1) is 0 Å². The van der Waals surface area contributed by atoms with Gasteiger partial charge in [0.05, 0.1) is 10.9 Å². The van der Waals surface area contributed by atoms with Crippen LogP contribution in [-0.4, -0.2) is 39.5 Å². The van der Waals surface area contributed by atoms with E-state index in [9.17, 15) is 4.79 Å². The first-order valence-corrected chi connectivity index (χ1v) is 7.94. The largest absolute Gasteiger partial charge is 0.353 e. The molecule has 1 aromatic carbocycles. The van der Waals surface area contributed by atoms with Gasteiger partial charge in [0.15, 0.2) is 0 Å². The van der Waals surface area contributed by atoms with Gasteiger partial charge in [-0.25, -0.2) is 4.98 Å². The molecule has 2 N–H and O–H groups in total. The van der Waals surface area contributed by atoms with Gasteiger partial charge < -0.3 is 5.32 Å². The zero-order valence-corrected chi connectivity index (χ0v) is 13.5. The lowest BCUT2D eigenvalue weighted by Crippen LogP contribution is -2.48. The van der Waals surface area contributed by atoms with Gasteiger partial charge in [0, 0.05) is 24.7 Å². The molecular weight excluding hydrogens is 276 g/mol. The molecule has 0 bridgehead atoms. The smallest absolute Gasteiger partial charge is 0.260 e. The maximum atomic E-state index is 12.1. The van der Waals surface area contributed by atoms with Crippen LogP contribution in [0.1, 0.15) is 33.6 Å². The monoisotopic (exact) mass is 300 g/mol. The fourth-order valence-electron chi connectivity index (χ4n) is 3.04. The van der Waals surface area contributed by atoms with Crippen LogP contribution in [0.3, 0.4) is 0 Å². The first kappa shape index (κ1) is 15.0. The van der Waals surface area contributed by atoms with Crippen LogP contribution in [-0.2, 0) is 0 Å². The Morgan fingerprint density at radius 3 is 2.59 bits per heavy atom. The van der Waals surface area contributed by atoms with Gasteiger partial charge in [-0.15, -0.1) is 0 Å². The Morgan fingerprint density at radius 1 is 1.23 bits per heavy atom. The number of rotatable bonds is 2. The molecule has 1 aliphatic rings. The average Bonchev–Trinajstić information content (AvgIpc) is 2.47. The summed E-state index contributed by atoms with van der Waals surface area (Å²) >= 11 is 0. The van der Waals surface area contributed by atoms with Crippen LogP contribution in [0.4, 0.5) is 5.95 Å². The van der Waals surface area contributed by atoms with E-state index in [1.807, 2.05) is 18.2 Å². The molecule has 3 rings (SSSR count). The van der Waals surface area contributed by atoms with E-state index < -0.39 is 0 Å². The predicted molar refractivity (Wildman–Crippen MR) is 90.3 cm³/mol. The molecule has 22 heavy (non-hydrogen) atoms. The Hall–Kier alpha value is -1.88. The van der Waals surface area contributed by atoms with Crippen LogP contribution in [0.15, 0.2) is 29.1 Å². The van der Waals surface area contributed by atoms with Crippen molar-refractivity contribution >= 4 is 16.9 Å². The van der Waals surface area contributed by atoms with Crippen LogP contribution >= 0.6 is 0 Å². The zero-order chi connectivity index (χ0) is 15.7. The molecule has 1 aromatic heterocycles. The summed E-state index contributed by atoms with van der Waals surface area (Å²) in [6.45, 7) is 8.90. The van der Waals surface area contributed by atoms with Crippen LogP contribution in [0.25, 0.3) is 10.9 Å². The number of fused-ring (bicyclic) bond motifs is 1. The van der Waals surface area contributed by atoms with E-state index in [0.29, 0.717) is 17.4 Å². The van der Waals surface area contributed by atoms with Crippen molar-refractivity contribution in [2.45, 2.75) is 45.2 Å². The number of likely N-dealkylation sites (tertiary alicyclic amines) is 1. The molecule has 5 nitrogen and oxygen atoms in total. The quantitative estimate of drug-likeness (QED) is 0.895. The second-order valence-corrected chi connectivity index (χ2v) is 7.01. The van der Waals surface area contributed by atoms with E-state index in [0.717, 1.165) is 31.4 Å². The molecule has 1 aliphatic heterocycles. The first-order valence-electron chi connectivity index (χ1n) is 7.94. The molecular formula is C17H24N4O. The summed E-state index contributed by atoms with van der Waals surface area (Å²) in [5.41, 5.74) is 0.877. The fraction of sp³-hybridized carbons (Fsp3) is 0.529. The van der Waals surface area contributed by atoms with Crippen molar-refractivity contribution < 1.29 is 0 Å². The lowest BCUT2D eigenvalue weighted by atomic mass is 9.98. The van der Waals surface area contributed by atoms with E-state index in [1.165, 1.54) is 0 Å². The molecule has 2 heterocycles. The highest BCUT2D eigenvalue weighted by Crippen LogP contribution is 2.21. The third-order valence-corrected chi connectivity index (χ3v) is 4.40. The molecule has 1 saturated heterocycles. The van der Waals surface area contributed by atoms with Crippen LogP contribution in [0.2, 0.25) is 0 Å². The lowest BCUT2D eigenvalue weighted by Gasteiger charge is -2.41. The van der Waals surface area contributed by atoms with Crippen molar-refractivity contribution in [2.75, 3.05) is 18.4 Å². The van der Waals surface area contributed by atoms with E-state index in [1.54, 1.807) is 6.07 Å². The highest BCUT2D eigenvalue weighted by Gasteiger charge is 2.27. The summed E-state index contributed by atoms with van der Waals surface area (Å²) in [5, 5.41) is 4.03. The van der Waals surface area contributed by atoms with Crippen molar-refractivity contribution in [3.63, 3.8) is 0 Å². The molecule has 0 aliphatic carbocycles. The van der Waals surface area contributed by atoms with E-state index >= 15 is 0 Å². The number of para-hydroxylation sites is 1. The molecule has 2 aromatic rings. The molecule has 0 radical (unpaired) electrons. The van der Waals surface area contributed by atoms with Gasteiger partial charge in [-0.1, -0.05) is 12.1 Å². The molecule has 0 saturated carbocycles. The predicted octanol–water partition coefficient (Wildman–Crippen LogP) is 2.60. The van der Waals surface area contributed by atoms with E-state index in [-0.39, 0.29) is 11.1 Å². The first-order chi connectivity index (χ1) is 10.4. The third-order valence-electron chi connectivity index (χ3n) is 4.40. The number of H-pyrrole nitrogens is 1. The molecule has 0 unspecified atom stereocenters. The Kier molecular flexibility index (Phi) is 3.91. The zero-order valence-electron chi connectivity index (χ0n) is 13.5.